The van der Waals surface area contributed by atoms with Crippen molar-refractivity contribution in [3.63, 3.8) is 0 Å². The van der Waals surface area contributed by atoms with Crippen molar-refractivity contribution in [2.75, 3.05) is 19.7 Å². The molecule has 0 bridgehead atoms. The largest absolute Gasteiger partial charge is 0.375 e. The number of nitrogens with zero attached hydrogens (tertiary/aromatic N) is 3. The molecule has 0 amide bonds. The topological polar surface area (TPSA) is 30.3 Å². The Bertz CT molecular complexity index is 579. The summed E-state index contributed by atoms with van der Waals surface area (Å²) in [4.78, 5) is 6.84. The SMILES string of the molecule is Cc1ncc(CN2CCO[C@H](Cc3ccccc3)C2)n1C. The summed E-state index contributed by atoms with van der Waals surface area (Å²) in [6.45, 7) is 5.79. The minimum Gasteiger partial charge on any atom is -0.375 e. The number of hydrogen-bond acceptors (Lipinski definition) is 3. The molecule has 2 aromatic rings. The van der Waals surface area contributed by atoms with Crippen LogP contribution in [0.2, 0.25) is 0 Å². The molecule has 1 atom stereocenters. The van der Waals surface area contributed by atoms with Crippen LogP contribution < -0.4 is 0 Å². The van der Waals surface area contributed by atoms with Crippen molar-refractivity contribution in [1.29, 1.82) is 0 Å². The van der Waals surface area contributed by atoms with E-state index in [9.17, 15) is 0 Å². The molecule has 21 heavy (non-hydrogen) atoms. The Kier molecular flexibility index (Phi) is 4.36. The molecule has 0 spiro atoms. The van der Waals surface area contributed by atoms with E-state index in [4.69, 9.17) is 4.74 Å². The van der Waals surface area contributed by atoms with Crippen LogP contribution in [0.1, 0.15) is 17.1 Å². The Labute approximate surface area is 126 Å². The standard InChI is InChI=1S/C17H23N3O/c1-14-18-11-16(19(14)2)12-20-8-9-21-17(13-20)10-15-6-4-3-5-7-15/h3-7,11,17H,8-10,12-13H2,1-2H3/t17-/m1/s1. The van der Waals surface area contributed by atoms with E-state index >= 15 is 0 Å². The van der Waals surface area contributed by atoms with E-state index in [2.05, 4.69) is 51.8 Å². The smallest absolute Gasteiger partial charge is 0.105 e. The average Bonchev–Trinajstić information content (AvgIpc) is 2.81. The molecule has 4 nitrogen and oxygen atoms in total. The summed E-state index contributed by atoms with van der Waals surface area (Å²) in [5.74, 6) is 1.07. The van der Waals surface area contributed by atoms with Gasteiger partial charge in [0.05, 0.1) is 18.4 Å². The van der Waals surface area contributed by atoms with Crippen molar-refractivity contribution in [3.05, 3.63) is 53.6 Å². The minimum absolute atomic E-state index is 0.287. The third kappa shape index (κ3) is 3.52. The number of morpholine rings is 1. The van der Waals surface area contributed by atoms with Crippen molar-refractivity contribution in [3.8, 4) is 0 Å². The van der Waals surface area contributed by atoms with Crippen LogP contribution in [0.3, 0.4) is 0 Å². The number of benzene rings is 1. The van der Waals surface area contributed by atoms with Crippen LogP contribution in [0, 0.1) is 6.92 Å². The van der Waals surface area contributed by atoms with E-state index in [1.807, 2.05) is 13.1 Å². The maximum atomic E-state index is 5.92. The van der Waals surface area contributed by atoms with Gasteiger partial charge in [-0.3, -0.25) is 4.90 Å². The van der Waals surface area contributed by atoms with Crippen molar-refractivity contribution < 1.29 is 4.74 Å². The second kappa shape index (κ2) is 6.41. The van der Waals surface area contributed by atoms with Gasteiger partial charge in [-0.15, -0.1) is 0 Å². The molecule has 1 aliphatic rings. The summed E-state index contributed by atoms with van der Waals surface area (Å²) in [5.41, 5.74) is 2.62. The Morgan fingerprint density at radius 3 is 2.81 bits per heavy atom. The molecule has 4 heteroatoms. The van der Waals surface area contributed by atoms with Crippen molar-refractivity contribution in [2.45, 2.75) is 26.0 Å². The highest BCUT2D eigenvalue weighted by Gasteiger charge is 2.21. The quantitative estimate of drug-likeness (QED) is 0.862. The second-order valence-corrected chi connectivity index (χ2v) is 5.77. The van der Waals surface area contributed by atoms with Crippen LogP contribution in [0.25, 0.3) is 0 Å². The second-order valence-electron chi connectivity index (χ2n) is 5.77. The number of aryl methyl sites for hydroxylation is 1. The molecule has 2 heterocycles. The molecule has 1 aromatic carbocycles. The van der Waals surface area contributed by atoms with E-state index in [1.165, 1.54) is 11.3 Å². The molecule has 3 rings (SSSR count). The number of ether oxygens (including phenoxy) is 1. The zero-order chi connectivity index (χ0) is 14.7. The van der Waals surface area contributed by atoms with Crippen LogP contribution in [0.5, 0.6) is 0 Å². The highest BCUT2D eigenvalue weighted by molar-refractivity contribution is 5.15. The van der Waals surface area contributed by atoms with Crippen LogP contribution in [-0.4, -0.2) is 40.3 Å². The summed E-state index contributed by atoms with van der Waals surface area (Å²) in [6, 6.07) is 10.6. The summed E-state index contributed by atoms with van der Waals surface area (Å²) >= 11 is 0. The average molecular weight is 285 g/mol. The van der Waals surface area contributed by atoms with Crippen LogP contribution in [0.15, 0.2) is 36.5 Å². The van der Waals surface area contributed by atoms with Gasteiger partial charge in [-0.2, -0.15) is 0 Å². The summed E-state index contributed by atoms with van der Waals surface area (Å²) in [6.07, 6.45) is 3.26. The van der Waals surface area contributed by atoms with E-state index in [-0.39, 0.29) is 6.10 Å². The first-order valence-electron chi connectivity index (χ1n) is 7.57. The fourth-order valence-corrected chi connectivity index (χ4v) is 2.85. The van der Waals surface area contributed by atoms with Gasteiger partial charge in [0.1, 0.15) is 5.82 Å². The highest BCUT2D eigenvalue weighted by atomic mass is 16.5. The molecule has 1 saturated heterocycles. The Balaban J connectivity index is 1.59. The molecule has 1 fully saturated rings. The fourth-order valence-electron chi connectivity index (χ4n) is 2.85. The van der Waals surface area contributed by atoms with Crippen molar-refractivity contribution in [1.82, 2.24) is 14.5 Å². The molecular weight excluding hydrogens is 262 g/mol. The van der Waals surface area contributed by atoms with Gasteiger partial charge in [0.2, 0.25) is 0 Å². The summed E-state index contributed by atoms with van der Waals surface area (Å²) < 4.78 is 8.09. The van der Waals surface area contributed by atoms with E-state index in [1.54, 1.807) is 0 Å². The normalized spacial score (nSPS) is 19.8. The lowest BCUT2D eigenvalue weighted by molar-refractivity contribution is -0.0310. The van der Waals surface area contributed by atoms with Gasteiger partial charge in [-0.1, -0.05) is 30.3 Å². The number of aromatic nitrogens is 2. The van der Waals surface area contributed by atoms with E-state index in [0.29, 0.717) is 0 Å². The number of imidazole rings is 1. The van der Waals surface area contributed by atoms with Crippen molar-refractivity contribution >= 4 is 0 Å². The zero-order valence-electron chi connectivity index (χ0n) is 12.8. The summed E-state index contributed by atoms with van der Waals surface area (Å²) in [7, 11) is 2.08. The Hall–Kier alpha value is -1.65. The molecule has 0 N–H and O–H groups in total. The maximum Gasteiger partial charge on any atom is 0.105 e. The molecule has 0 saturated carbocycles. The fraction of sp³-hybridized carbons (Fsp3) is 0.471. The van der Waals surface area contributed by atoms with Crippen LogP contribution >= 0.6 is 0 Å². The van der Waals surface area contributed by atoms with Gasteiger partial charge in [0.15, 0.2) is 0 Å². The predicted molar refractivity (Wildman–Crippen MR) is 83.1 cm³/mol. The van der Waals surface area contributed by atoms with Gasteiger partial charge in [-0.25, -0.2) is 4.98 Å². The molecule has 0 radical (unpaired) electrons. The number of hydrogen-bond donors (Lipinski definition) is 0. The summed E-state index contributed by atoms with van der Waals surface area (Å²) in [5, 5.41) is 0. The van der Waals surface area contributed by atoms with E-state index < -0.39 is 0 Å². The van der Waals surface area contributed by atoms with Crippen molar-refractivity contribution in [2.24, 2.45) is 7.05 Å². The minimum atomic E-state index is 0.287. The van der Waals surface area contributed by atoms with Gasteiger partial charge in [0, 0.05) is 32.9 Å². The zero-order valence-corrected chi connectivity index (χ0v) is 12.8. The van der Waals surface area contributed by atoms with Gasteiger partial charge in [-0.05, 0) is 18.9 Å². The monoisotopic (exact) mass is 285 g/mol. The molecular formula is C17H23N3O. The Morgan fingerprint density at radius 2 is 2.10 bits per heavy atom. The molecule has 112 valence electrons. The molecule has 1 aliphatic heterocycles. The predicted octanol–water partition coefficient (Wildman–Crippen LogP) is 2.17. The molecule has 0 unspecified atom stereocenters. The van der Waals surface area contributed by atoms with Crippen LogP contribution in [-0.2, 0) is 24.8 Å². The molecule has 0 aliphatic carbocycles. The van der Waals surface area contributed by atoms with Crippen LogP contribution in [0.4, 0.5) is 0 Å². The third-order valence-corrected chi connectivity index (χ3v) is 4.23. The lowest BCUT2D eigenvalue weighted by Gasteiger charge is -2.33. The molecule has 1 aromatic heterocycles. The van der Waals surface area contributed by atoms with Gasteiger partial charge >= 0.3 is 0 Å². The third-order valence-electron chi connectivity index (χ3n) is 4.23. The lowest BCUT2D eigenvalue weighted by atomic mass is 10.1. The maximum absolute atomic E-state index is 5.92. The number of rotatable bonds is 4. The van der Waals surface area contributed by atoms with Gasteiger partial charge < -0.3 is 9.30 Å². The highest BCUT2D eigenvalue weighted by Crippen LogP contribution is 2.14. The first-order valence-corrected chi connectivity index (χ1v) is 7.57. The van der Waals surface area contributed by atoms with E-state index in [0.717, 1.165) is 38.5 Å². The van der Waals surface area contributed by atoms with Gasteiger partial charge in [0.25, 0.3) is 0 Å². The first-order chi connectivity index (χ1) is 10.2. The first kappa shape index (κ1) is 14.3. The Morgan fingerprint density at radius 1 is 1.29 bits per heavy atom. The lowest BCUT2D eigenvalue weighted by Crippen LogP contribution is -2.43.